The Morgan fingerprint density at radius 3 is 2.88 bits per heavy atom. The van der Waals surface area contributed by atoms with Gasteiger partial charge in [-0.15, -0.1) is 11.3 Å². The summed E-state index contributed by atoms with van der Waals surface area (Å²) in [5.41, 5.74) is 0.755. The van der Waals surface area contributed by atoms with Gasteiger partial charge >= 0.3 is 5.97 Å². The number of aromatic hydroxyl groups is 1. The summed E-state index contributed by atoms with van der Waals surface area (Å²) in [6.45, 7) is 0. The molecule has 0 aliphatic carbocycles. The monoisotopic (exact) mass is 313 g/mol. The van der Waals surface area contributed by atoms with E-state index in [0.717, 1.165) is 4.47 Å². The lowest BCUT2D eigenvalue weighted by molar-refractivity contribution is 0.0691. The van der Waals surface area contributed by atoms with E-state index in [2.05, 4.69) is 20.9 Å². The molecule has 6 heteroatoms. The first-order valence-corrected chi connectivity index (χ1v) is 6.38. The van der Waals surface area contributed by atoms with Crippen LogP contribution in [0.15, 0.2) is 28.1 Å². The number of carboxylic acids is 1. The zero-order valence-corrected chi connectivity index (χ0v) is 11.0. The Morgan fingerprint density at radius 2 is 2.24 bits per heavy atom. The van der Waals surface area contributed by atoms with Crippen molar-refractivity contribution in [1.82, 2.24) is 4.98 Å². The molecule has 0 unspecified atom stereocenters. The van der Waals surface area contributed by atoms with Gasteiger partial charge < -0.3 is 10.2 Å². The largest absolute Gasteiger partial charge is 0.508 e. The number of phenols is 1. The number of aromatic nitrogens is 1. The summed E-state index contributed by atoms with van der Waals surface area (Å²) >= 11 is 4.58. The molecule has 0 amide bonds. The summed E-state index contributed by atoms with van der Waals surface area (Å²) in [6, 6.07) is 5.12. The van der Waals surface area contributed by atoms with Crippen molar-refractivity contribution in [2.75, 3.05) is 0 Å². The van der Waals surface area contributed by atoms with Crippen molar-refractivity contribution < 1.29 is 15.0 Å². The normalized spacial score (nSPS) is 10.4. The number of nitrogens with zero attached hydrogens (tertiary/aromatic N) is 1. The molecule has 2 aromatic rings. The minimum absolute atomic E-state index is 0.0412. The molecule has 1 heterocycles. The quantitative estimate of drug-likeness (QED) is 0.914. The summed E-state index contributed by atoms with van der Waals surface area (Å²) in [4.78, 5) is 14.6. The maximum Gasteiger partial charge on any atom is 0.355 e. The number of hydrogen-bond acceptors (Lipinski definition) is 4. The average molecular weight is 314 g/mol. The van der Waals surface area contributed by atoms with E-state index in [1.807, 2.05) is 0 Å². The minimum atomic E-state index is -1.04. The van der Waals surface area contributed by atoms with Gasteiger partial charge in [0.25, 0.3) is 0 Å². The highest BCUT2D eigenvalue weighted by Gasteiger charge is 2.10. The average Bonchev–Trinajstić information content (AvgIpc) is 2.72. The number of halogens is 1. The van der Waals surface area contributed by atoms with Crippen molar-refractivity contribution in [2.45, 2.75) is 6.42 Å². The van der Waals surface area contributed by atoms with Crippen LogP contribution in [-0.2, 0) is 6.42 Å². The molecule has 0 aliphatic heterocycles. The Hall–Kier alpha value is -1.40. The molecule has 0 aliphatic rings. The fourth-order valence-electron chi connectivity index (χ4n) is 1.35. The molecule has 88 valence electrons. The SMILES string of the molecule is O=C(O)c1csc(Cc2cc(Br)ccc2O)n1. The lowest BCUT2D eigenvalue weighted by atomic mass is 10.1. The smallest absolute Gasteiger partial charge is 0.355 e. The summed E-state index contributed by atoms with van der Waals surface area (Å²) in [6.07, 6.45) is 0.420. The molecule has 4 nitrogen and oxygen atoms in total. The number of thiazole rings is 1. The van der Waals surface area contributed by atoms with Crippen molar-refractivity contribution in [3.05, 3.63) is 44.3 Å². The maximum atomic E-state index is 10.7. The third kappa shape index (κ3) is 2.83. The minimum Gasteiger partial charge on any atom is -0.508 e. The van der Waals surface area contributed by atoms with Gasteiger partial charge in [0.05, 0.1) is 5.01 Å². The third-order valence-electron chi connectivity index (χ3n) is 2.15. The fourth-order valence-corrected chi connectivity index (χ4v) is 2.55. The van der Waals surface area contributed by atoms with Crippen LogP contribution in [0.3, 0.4) is 0 Å². The Kier molecular flexibility index (Phi) is 3.44. The van der Waals surface area contributed by atoms with Gasteiger partial charge in [0, 0.05) is 21.8 Å². The summed E-state index contributed by atoms with van der Waals surface area (Å²) in [5.74, 6) is -0.855. The van der Waals surface area contributed by atoms with E-state index in [9.17, 15) is 9.90 Å². The maximum absolute atomic E-state index is 10.7. The second kappa shape index (κ2) is 4.85. The topological polar surface area (TPSA) is 70.4 Å². The van der Waals surface area contributed by atoms with Gasteiger partial charge in [-0.2, -0.15) is 0 Å². The van der Waals surface area contributed by atoms with Crippen LogP contribution in [0, 0.1) is 0 Å². The number of benzene rings is 1. The Morgan fingerprint density at radius 1 is 1.47 bits per heavy atom. The molecule has 0 fully saturated rings. The highest BCUT2D eigenvalue weighted by Crippen LogP contribution is 2.25. The highest BCUT2D eigenvalue weighted by atomic mass is 79.9. The Bertz CT molecular complexity index is 568. The van der Waals surface area contributed by atoms with E-state index in [0.29, 0.717) is 17.0 Å². The van der Waals surface area contributed by atoms with Crippen molar-refractivity contribution in [2.24, 2.45) is 0 Å². The number of phenolic OH excluding ortho intramolecular Hbond substituents is 1. The number of carboxylic acid groups (broad SMARTS) is 1. The molecule has 0 radical (unpaired) electrons. The van der Waals surface area contributed by atoms with Gasteiger partial charge in [0.2, 0.25) is 0 Å². The first-order valence-electron chi connectivity index (χ1n) is 4.71. The van der Waals surface area contributed by atoms with Gasteiger partial charge in [0.15, 0.2) is 5.69 Å². The first-order chi connectivity index (χ1) is 8.06. The van der Waals surface area contributed by atoms with Crippen molar-refractivity contribution in [3.63, 3.8) is 0 Å². The van der Waals surface area contributed by atoms with E-state index in [1.165, 1.54) is 16.7 Å². The van der Waals surface area contributed by atoms with Crippen LogP contribution < -0.4 is 0 Å². The summed E-state index contributed by atoms with van der Waals surface area (Å²) in [5, 5.41) is 20.6. The van der Waals surface area contributed by atoms with Crippen LogP contribution in [0.25, 0.3) is 0 Å². The molecular formula is C11H8BrNO3S. The number of hydrogen-bond donors (Lipinski definition) is 2. The molecule has 0 saturated heterocycles. The van der Waals surface area contributed by atoms with Gasteiger partial charge in [-0.05, 0) is 18.2 Å². The zero-order valence-electron chi connectivity index (χ0n) is 8.55. The van der Waals surface area contributed by atoms with Gasteiger partial charge in [-0.1, -0.05) is 15.9 Å². The van der Waals surface area contributed by atoms with Crippen LogP contribution in [0.4, 0.5) is 0 Å². The summed E-state index contributed by atoms with van der Waals surface area (Å²) in [7, 11) is 0. The standard InChI is InChI=1S/C11H8BrNO3S/c12-7-1-2-9(14)6(3-7)4-10-13-8(5-17-10)11(15)16/h1-3,5,14H,4H2,(H,15,16). The van der Waals surface area contributed by atoms with Crippen LogP contribution >= 0.6 is 27.3 Å². The van der Waals surface area contributed by atoms with Crippen molar-refractivity contribution in [3.8, 4) is 5.75 Å². The van der Waals surface area contributed by atoms with Crippen LogP contribution in [-0.4, -0.2) is 21.2 Å². The van der Waals surface area contributed by atoms with E-state index >= 15 is 0 Å². The molecular weight excluding hydrogens is 306 g/mol. The zero-order chi connectivity index (χ0) is 12.4. The highest BCUT2D eigenvalue weighted by molar-refractivity contribution is 9.10. The molecule has 1 aromatic carbocycles. The van der Waals surface area contributed by atoms with E-state index in [-0.39, 0.29) is 11.4 Å². The van der Waals surface area contributed by atoms with E-state index in [1.54, 1.807) is 18.2 Å². The second-order valence-corrected chi connectivity index (χ2v) is 5.24. The predicted molar refractivity (Wildman–Crippen MR) is 67.7 cm³/mol. The molecule has 2 rings (SSSR count). The summed E-state index contributed by atoms with van der Waals surface area (Å²) < 4.78 is 0.861. The molecule has 0 saturated carbocycles. The van der Waals surface area contributed by atoms with Crippen LogP contribution in [0.2, 0.25) is 0 Å². The van der Waals surface area contributed by atoms with Gasteiger partial charge in [0.1, 0.15) is 5.75 Å². The lowest BCUT2D eigenvalue weighted by Gasteiger charge is -2.02. The van der Waals surface area contributed by atoms with E-state index in [4.69, 9.17) is 5.11 Å². The molecule has 17 heavy (non-hydrogen) atoms. The lowest BCUT2D eigenvalue weighted by Crippen LogP contribution is -1.97. The van der Waals surface area contributed by atoms with Gasteiger partial charge in [-0.25, -0.2) is 9.78 Å². The number of carbonyl (C=O) groups is 1. The molecule has 1 aromatic heterocycles. The molecule has 0 bridgehead atoms. The Labute approximate surface area is 110 Å². The third-order valence-corrected chi connectivity index (χ3v) is 3.50. The predicted octanol–water partition coefficient (Wildman–Crippen LogP) is 2.90. The van der Waals surface area contributed by atoms with Crippen molar-refractivity contribution in [1.29, 1.82) is 0 Å². The number of rotatable bonds is 3. The second-order valence-electron chi connectivity index (χ2n) is 3.38. The number of aromatic carboxylic acids is 1. The van der Waals surface area contributed by atoms with Crippen LogP contribution in [0.1, 0.15) is 21.1 Å². The van der Waals surface area contributed by atoms with Crippen molar-refractivity contribution >= 4 is 33.2 Å². The van der Waals surface area contributed by atoms with Crippen LogP contribution in [0.5, 0.6) is 5.75 Å². The molecule has 0 spiro atoms. The Balaban J connectivity index is 2.25. The molecule has 2 N–H and O–H groups in total. The molecule has 0 atom stereocenters. The van der Waals surface area contributed by atoms with E-state index < -0.39 is 5.97 Å². The fraction of sp³-hybridized carbons (Fsp3) is 0.0909. The first kappa shape index (κ1) is 12.1. The van der Waals surface area contributed by atoms with Gasteiger partial charge in [-0.3, -0.25) is 0 Å².